The van der Waals surface area contributed by atoms with E-state index in [0.717, 1.165) is 28.1 Å². The van der Waals surface area contributed by atoms with Crippen LogP contribution in [0.3, 0.4) is 0 Å². The zero-order valence-electron chi connectivity index (χ0n) is 19.5. The van der Waals surface area contributed by atoms with Gasteiger partial charge in [0.05, 0.1) is 32.1 Å². The minimum Gasteiger partial charge on any atom is -0.497 e. The second-order valence-electron chi connectivity index (χ2n) is 8.32. The Labute approximate surface area is 199 Å². The fourth-order valence-electron chi connectivity index (χ4n) is 4.66. The molecular formula is C28H27N3O3. The summed E-state index contributed by atoms with van der Waals surface area (Å²) in [5.74, 6) is 1.21. The molecule has 0 radical (unpaired) electrons. The highest BCUT2D eigenvalue weighted by Crippen LogP contribution is 2.38. The number of fused-ring (bicyclic) bond motifs is 3. The maximum atomic E-state index is 13.9. The number of ether oxygens (including phenoxy) is 2. The van der Waals surface area contributed by atoms with Crippen molar-refractivity contribution < 1.29 is 14.3 Å². The average Bonchev–Trinajstić information content (AvgIpc) is 3.29. The lowest BCUT2D eigenvalue weighted by Crippen LogP contribution is -2.38. The Kier molecular flexibility index (Phi) is 5.72. The number of methoxy groups -OCH3 is 2. The van der Waals surface area contributed by atoms with E-state index >= 15 is 0 Å². The molecule has 0 bridgehead atoms. The molecule has 0 saturated carbocycles. The van der Waals surface area contributed by atoms with E-state index in [1.54, 1.807) is 32.4 Å². The van der Waals surface area contributed by atoms with Crippen LogP contribution in [-0.4, -0.2) is 29.7 Å². The number of hydrogen-bond donors (Lipinski definition) is 1. The number of nitrogens with one attached hydrogen (secondary N) is 1. The van der Waals surface area contributed by atoms with Crippen molar-refractivity contribution in [3.05, 3.63) is 107 Å². The number of hydrogen-bond acceptors (Lipinski definition) is 3. The van der Waals surface area contributed by atoms with Crippen LogP contribution < -0.4 is 14.8 Å². The smallest absolute Gasteiger partial charge is 0.323 e. The van der Waals surface area contributed by atoms with Gasteiger partial charge in [0, 0.05) is 18.0 Å². The zero-order valence-corrected chi connectivity index (χ0v) is 19.5. The van der Waals surface area contributed by atoms with Gasteiger partial charge >= 0.3 is 6.03 Å². The standard InChI is InChI=1S/C28H27N3O3/c1-19-9-4-6-11-22(19)27-25-13-8-16-30(25)24-12-7-5-10-20(24)18-31(27)28(32)29-23-17-21(33-2)14-15-26(23)34-3/h4-17,27H,18H2,1-3H3,(H,29,32). The van der Waals surface area contributed by atoms with E-state index in [-0.39, 0.29) is 12.1 Å². The molecular weight excluding hydrogens is 426 g/mol. The number of urea groups is 1. The van der Waals surface area contributed by atoms with Crippen molar-refractivity contribution in [1.82, 2.24) is 9.47 Å². The molecule has 6 heteroatoms. The lowest BCUT2D eigenvalue weighted by atomic mass is 9.97. The fourth-order valence-corrected chi connectivity index (χ4v) is 4.66. The van der Waals surface area contributed by atoms with Gasteiger partial charge in [-0.3, -0.25) is 0 Å². The first-order valence-corrected chi connectivity index (χ1v) is 11.2. The van der Waals surface area contributed by atoms with E-state index < -0.39 is 0 Å². The van der Waals surface area contributed by atoms with Crippen LogP contribution in [-0.2, 0) is 6.54 Å². The summed E-state index contributed by atoms with van der Waals surface area (Å²) < 4.78 is 13.0. The Morgan fingerprint density at radius 3 is 2.53 bits per heavy atom. The molecule has 0 saturated heterocycles. The lowest BCUT2D eigenvalue weighted by Gasteiger charge is -2.32. The number of aryl methyl sites for hydroxylation is 1. The van der Waals surface area contributed by atoms with E-state index in [4.69, 9.17) is 9.47 Å². The van der Waals surface area contributed by atoms with Gasteiger partial charge in [0.15, 0.2) is 0 Å². The average molecular weight is 454 g/mol. The summed E-state index contributed by atoms with van der Waals surface area (Å²) in [4.78, 5) is 15.8. The molecule has 34 heavy (non-hydrogen) atoms. The van der Waals surface area contributed by atoms with Crippen LogP contribution in [0, 0.1) is 6.92 Å². The van der Waals surface area contributed by atoms with Gasteiger partial charge in [-0.05, 0) is 53.9 Å². The number of anilines is 1. The summed E-state index contributed by atoms with van der Waals surface area (Å²) in [5, 5.41) is 3.08. The second kappa shape index (κ2) is 8.98. The van der Waals surface area contributed by atoms with Crippen LogP contribution in [0.15, 0.2) is 85.1 Å². The third-order valence-electron chi connectivity index (χ3n) is 6.36. The minimum atomic E-state index is -0.278. The van der Waals surface area contributed by atoms with Crippen LogP contribution in [0.25, 0.3) is 5.69 Å². The topological polar surface area (TPSA) is 55.7 Å². The quantitative estimate of drug-likeness (QED) is 0.416. The molecule has 1 aliphatic rings. The van der Waals surface area contributed by atoms with E-state index in [0.29, 0.717) is 23.7 Å². The van der Waals surface area contributed by atoms with Gasteiger partial charge < -0.3 is 24.3 Å². The Morgan fingerprint density at radius 1 is 0.941 bits per heavy atom. The number of carbonyl (C=O) groups is 1. The normalized spacial score (nSPS) is 14.6. The number of para-hydroxylation sites is 1. The lowest BCUT2D eigenvalue weighted by molar-refractivity contribution is 0.194. The summed E-state index contributed by atoms with van der Waals surface area (Å²) in [6, 6.07) is 25.4. The Bertz CT molecular complexity index is 1340. The largest absolute Gasteiger partial charge is 0.497 e. The molecule has 6 nitrogen and oxygen atoms in total. The van der Waals surface area contributed by atoms with E-state index in [1.807, 2.05) is 35.2 Å². The first-order chi connectivity index (χ1) is 16.6. The summed E-state index contributed by atoms with van der Waals surface area (Å²) in [6.07, 6.45) is 2.06. The predicted molar refractivity (Wildman–Crippen MR) is 133 cm³/mol. The van der Waals surface area contributed by atoms with Gasteiger partial charge in [-0.1, -0.05) is 42.5 Å². The zero-order chi connectivity index (χ0) is 23.7. The fraction of sp³-hybridized carbons (Fsp3) is 0.179. The van der Waals surface area contributed by atoms with Crippen LogP contribution in [0.2, 0.25) is 0 Å². The number of carbonyl (C=O) groups excluding carboxylic acids is 1. The van der Waals surface area contributed by atoms with Gasteiger partial charge in [-0.25, -0.2) is 4.79 Å². The molecule has 172 valence electrons. The summed E-state index contributed by atoms with van der Waals surface area (Å²) in [7, 11) is 3.18. The van der Waals surface area contributed by atoms with Crippen molar-refractivity contribution in [1.29, 1.82) is 0 Å². The van der Waals surface area contributed by atoms with Crippen molar-refractivity contribution in [2.24, 2.45) is 0 Å². The van der Waals surface area contributed by atoms with Crippen molar-refractivity contribution in [2.75, 3.05) is 19.5 Å². The first-order valence-electron chi connectivity index (χ1n) is 11.2. The van der Waals surface area contributed by atoms with Crippen molar-refractivity contribution in [3.63, 3.8) is 0 Å². The monoisotopic (exact) mass is 453 g/mol. The molecule has 1 unspecified atom stereocenters. The Morgan fingerprint density at radius 2 is 1.74 bits per heavy atom. The van der Waals surface area contributed by atoms with Crippen molar-refractivity contribution in [2.45, 2.75) is 19.5 Å². The highest BCUT2D eigenvalue weighted by molar-refractivity contribution is 5.92. The molecule has 1 atom stereocenters. The van der Waals surface area contributed by atoms with Crippen molar-refractivity contribution in [3.8, 4) is 17.2 Å². The number of nitrogens with zero attached hydrogens (tertiary/aromatic N) is 2. The number of rotatable bonds is 4. The van der Waals surface area contributed by atoms with Gasteiger partial charge in [-0.15, -0.1) is 0 Å². The highest BCUT2D eigenvalue weighted by Gasteiger charge is 2.34. The summed E-state index contributed by atoms with van der Waals surface area (Å²) in [6.45, 7) is 2.54. The van der Waals surface area contributed by atoms with E-state index in [1.165, 1.54) is 0 Å². The van der Waals surface area contributed by atoms with Gasteiger partial charge in [0.2, 0.25) is 0 Å². The van der Waals surface area contributed by atoms with Crippen molar-refractivity contribution >= 4 is 11.7 Å². The molecule has 4 aromatic rings. The van der Waals surface area contributed by atoms with Gasteiger partial charge in [0.1, 0.15) is 17.5 Å². The Balaban J connectivity index is 1.64. The highest BCUT2D eigenvalue weighted by atomic mass is 16.5. The SMILES string of the molecule is COc1ccc(OC)c(NC(=O)N2Cc3ccccc3-n3cccc3C2c2ccccc2C)c1. The molecule has 1 aromatic heterocycles. The maximum Gasteiger partial charge on any atom is 0.323 e. The number of aromatic nitrogens is 1. The molecule has 2 heterocycles. The van der Waals surface area contributed by atoms with E-state index in [2.05, 4.69) is 53.3 Å². The molecule has 1 aliphatic heterocycles. The van der Waals surface area contributed by atoms with Gasteiger partial charge in [0.25, 0.3) is 0 Å². The number of amides is 2. The molecule has 0 fully saturated rings. The number of benzene rings is 3. The third kappa shape index (κ3) is 3.77. The minimum absolute atomic E-state index is 0.218. The summed E-state index contributed by atoms with van der Waals surface area (Å²) >= 11 is 0. The van der Waals surface area contributed by atoms with Crippen LogP contribution in [0.4, 0.5) is 10.5 Å². The third-order valence-corrected chi connectivity index (χ3v) is 6.36. The molecule has 1 N–H and O–H groups in total. The van der Waals surface area contributed by atoms with Gasteiger partial charge in [-0.2, -0.15) is 0 Å². The molecule has 2 amide bonds. The van der Waals surface area contributed by atoms with Crippen LogP contribution in [0.5, 0.6) is 11.5 Å². The molecule has 0 aliphatic carbocycles. The molecule has 3 aromatic carbocycles. The molecule has 5 rings (SSSR count). The second-order valence-corrected chi connectivity index (χ2v) is 8.32. The molecule has 0 spiro atoms. The van der Waals surface area contributed by atoms with E-state index in [9.17, 15) is 4.79 Å². The first kappa shape index (κ1) is 21.6. The summed E-state index contributed by atoms with van der Waals surface area (Å²) in [5.41, 5.74) is 5.96. The van der Waals surface area contributed by atoms with Crippen LogP contribution >= 0.6 is 0 Å². The predicted octanol–water partition coefficient (Wildman–Crippen LogP) is 5.94. The maximum absolute atomic E-state index is 13.9. The van der Waals surface area contributed by atoms with Crippen LogP contribution in [0.1, 0.15) is 28.4 Å². The Hall–Kier alpha value is -4.19.